The van der Waals surface area contributed by atoms with E-state index in [0.29, 0.717) is 26.2 Å². The first kappa shape index (κ1) is 16.7. The highest BCUT2D eigenvalue weighted by Crippen LogP contribution is 2.84. The van der Waals surface area contributed by atoms with Gasteiger partial charge < -0.3 is 29.2 Å². The lowest BCUT2D eigenvalue weighted by molar-refractivity contribution is -0.244. The summed E-state index contributed by atoms with van der Waals surface area (Å²) in [5.74, 6) is 0.165. The van der Waals surface area contributed by atoms with Gasteiger partial charge in [0.15, 0.2) is 6.29 Å². The summed E-state index contributed by atoms with van der Waals surface area (Å²) >= 11 is 0. The van der Waals surface area contributed by atoms with E-state index in [1.54, 1.807) is 0 Å². The van der Waals surface area contributed by atoms with E-state index in [9.17, 15) is 10.2 Å². The summed E-state index contributed by atoms with van der Waals surface area (Å²) in [4.78, 5) is 0. The van der Waals surface area contributed by atoms with Gasteiger partial charge in [0, 0.05) is 11.3 Å². The van der Waals surface area contributed by atoms with Crippen LogP contribution in [-0.4, -0.2) is 65.8 Å². The molecule has 0 radical (unpaired) electrons. The first-order valence-electron chi connectivity index (χ1n) is 10.1. The largest absolute Gasteiger partial charge is 0.390 e. The molecule has 0 amide bonds. The number of aliphatic hydroxyl groups is 2. The summed E-state index contributed by atoms with van der Waals surface area (Å²) in [6.07, 6.45) is 0.188. The summed E-state index contributed by atoms with van der Waals surface area (Å²) in [6, 6.07) is 0. The normalized spacial score (nSPS) is 65.3. The average Bonchev–Trinajstić information content (AvgIpc) is 3.28. The Bertz CT molecular complexity index is 676. The van der Waals surface area contributed by atoms with Gasteiger partial charge in [0.05, 0.1) is 43.5 Å². The van der Waals surface area contributed by atoms with E-state index in [0.717, 1.165) is 6.42 Å². The van der Waals surface area contributed by atoms with Gasteiger partial charge in [-0.1, -0.05) is 27.7 Å². The Morgan fingerprint density at radius 1 is 1.04 bits per heavy atom. The van der Waals surface area contributed by atoms with Crippen molar-refractivity contribution in [3.05, 3.63) is 0 Å². The van der Waals surface area contributed by atoms with Crippen molar-refractivity contribution < 1.29 is 29.2 Å². The Kier molecular flexibility index (Phi) is 2.79. The van der Waals surface area contributed by atoms with Crippen molar-refractivity contribution >= 4 is 0 Å². The number of rotatable bonds is 0. The molecule has 4 saturated heterocycles. The molecule has 6 rings (SSSR count). The summed E-state index contributed by atoms with van der Waals surface area (Å²) in [5, 5.41) is 23.3. The van der Waals surface area contributed by atoms with E-state index >= 15 is 0 Å². The van der Waals surface area contributed by atoms with E-state index in [-0.39, 0.29) is 29.5 Å². The summed E-state index contributed by atoms with van der Waals surface area (Å²) in [7, 11) is 0. The summed E-state index contributed by atoms with van der Waals surface area (Å²) in [6.45, 7) is 9.93. The van der Waals surface area contributed by atoms with Gasteiger partial charge >= 0.3 is 0 Å². The molecule has 0 aromatic heterocycles. The molecular formula is C20H30O6. The number of fused-ring (bicyclic) bond motifs is 1. The van der Waals surface area contributed by atoms with Gasteiger partial charge in [0.2, 0.25) is 0 Å². The van der Waals surface area contributed by atoms with E-state index in [1.165, 1.54) is 0 Å². The van der Waals surface area contributed by atoms with Gasteiger partial charge in [-0.3, -0.25) is 0 Å². The number of hydrogen-bond acceptors (Lipinski definition) is 6. The SMILES string of the molecule is C[C@@H]1COC2CC34C5CC(C(C)(C)C)C36[C@@H](OC[C@@H]6O)O[C@@]4(CO5)[C@]21O. The maximum atomic E-state index is 11.9. The Balaban J connectivity index is 1.64. The highest BCUT2D eigenvalue weighted by Gasteiger charge is 2.95. The van der Waals surface area contributed by atoms with Gasteiger partial charge in [-0.2, -0.15) is 0 Å². The number of ether oxygens (including phenoxy) is 4. The van der Waals surface area contributed by atoms with Crippen LogP contribution in [0.25, 0.3) is 0 Å². The molecule has 6 fully saturated rings. The van der Waals surface area contributed by atoms with Gasteiger partial charge in [-0.05, 0) is 24.2 Å². The second-order valence-electron chi connectivity index (χ2n) is 10.7. The van der Waals surface area contributed by atoms with Gasteiger partial charge in [-0.25, -0.2) is 0 Å². The van der Waals surface area contributed by atoms with E-state index in [4.69, 9.17) is 18.9 Å². The fourth-order valence-corrected chi connectivity index (χ4v) is 8.44. The molecule has 10 atom stereocenters. The van der Waals surface area contributed by atoms with Crippen molar-refractivity contribution in [2.24, 2.45) is 28.1 Å². The number of hydrogen-bond donors (Lipinski definition) is 2. The Labute approximate surface area is 154 Å². The zero-order valence-corrected chi connectivity index (χ0v) is 16.0. The lowest BCUT2D eigenvalue weighted by atomic mass is 9.51. The van der Waals surface area contributed by atoms with Crippen LogP contribution in [0.1, 0.15) is 40.5 Å². The van der Waals surface area contributed by atoms with Gasteiger partial charge in [-0.15, -0.1) is 0 Å². The van der Waals surface area contributed by atoms with Crippen molar-refractivity contribution in [3.8, 4) is 0 Å². The molecule has 26 heavy (non-hydrogen) atoms. The fraction of sp³-hybridized carbons (Fsp3) is 1.00. The van der Waals surface area contributed by atoms with Crippen molar-refractivity contribution in [3.63, 3.8) is 0 Å². The molecule has 5 unspecified atom stereocenters. The molecule has 6 heteroatoms. The van der Waals surface area contributed by atoms with Gasteiger partial charge in [0.1, 0.15) is 11.2 Å². The summed E-state index contributed by atoms with van der Waals surface area (Å²) in [5.41, 5.74) is -2.96. The highest BCUT2D eigenvalue weighted by molar-refractivity contribution is 5.40. The van der Waals surface area contributed by atoms with Crippen LogP contribution in [0.4, 0.5) is 0 Å². The average molecular weight is 366 g/mol. The monoisotopic (exact) mass is 366 g/mol. The molecule has 2 aliphatic carbocycles. The van der Waals surface area contributed by atoms with Crippen LogP contribution in [-0.2, 0) is 18.9 Å². The van der Waals surface area contributed by atoms with Crippen molar-refractivity contribution in [1.82, 2.24) is 0 Å². The lowest BCUT2D eigenvalue weighted by Crippen LogP contribution is -2.64. The van der Waals surface area contributed by atoms with E-state index in [1.807, 2.05) is 6.92 Å². The zero-order valence-electron chi connectivity index (χ0n) is 16.0. The van der Waals surface area contributed by atoms with Crippen LogP contribution in [0.15, 0.2) is 0 Å². The molecule has 6 aliphatic rings. The van der Waals surface area contributed by atoms with Gasteiger partial charge in [0.25, 0.3) is 0 Å². The van der Waals surface area contributed by atoms with E-state index in [2.05, 4.69) is 20.8 Å². The third-order valence-electron chi connectivity index (χ3n) is 9.20. The Morgan fingerprint density at radius 3 is 2.54 bits per heavy atom. The van der Waals surface area contributed by atoms with Crippen LogP contribution < -0.4 is 0 Å². The first-order chi connectivity index (χ1) is 12.2. The quantitative estimate of drug-likeness (QED) is 0.668. The van der Waals surface area contributed by atoms with Crippen LogP contribution >= 0.6 is 0 Å². The predicted octanol–water partition coefficient (Wildman–Crippen LogP) is 1.08. The van der Waals surface area contributed by atoms with Crippen LogP contribution in [0.3, 0.4) is 0 Å². The number of aliphatic hydroxyl groups excluding tert-OH is 1. The lowest BCUT2D eigenvalue weighted by Gasteiger charge is -2.49. The standard InChI is InChI=1S/C20H30O6/c1-10-7-23-14-6-17-13-5-11(16(2,3)4)19(17)12(21)8-24-15(19)26-18(17,9-25-13)20(10,14)22/h10-15,21-22H,5-9H2,1-4H3/t10-,11?,12+,13?,14?,15+,17?,18-,19?,20-/m1/s1. The second-order valence-corrected chi connectivity index (χ2v) is 10.7. The minimum Gasteiger partial charge on any atom is -0.390 e. The molecule has 6 nitrogen and oxygen atoms in total. The van der Waals surface area contributed by atoms with Crippen molar-refractivity contribution in [1.29, 1.82) is 0 Å². The maximum Gasteiger partial charge on any atom is 0.167 e. The smallest absolute Gasteiger partial charge is 0.167 e. The predicted molar refractivity (Wildman–Crippen MR) is 90.2 cm³/mol. The van der Waals surface area contributed by atoms with Crippen LogP contribution in [0.5, 0.6) is 0 Å². The molecule has 2 saturated carbocycles. The maximum absolute atomic E-state index is 11.9. The van der Waals surface area contributed by atoms with Crippen molar-refractivity contribution in [2.45, 2.75) is 76.3 Å². The third-order valence-corrected chi connectivity index (χ3v) is 9.20. The van der Waals surface area contributed by atoms with Crippen molar-refractivity contribution in [2.75, 3.05) is 19.8 Å². The van der Waals surface area contributed by atoms with E-state index < -0.39 is 34.4 Å². The minimum absolute atomic E-state index is 0.0262. The topological polar surface area (TPSA) is 77.4 Å². The van der Waals surface area contributed by atoms with Crippen LogP contribution in [0.2, 0.25) is 0 Å². The molecule has 146 valence electrons. The molecular weight excluding hydrogens is 336 g/mol. The molecule has 0 bridgehead atoms. The molecule has 4 heterocycles. The minimum atomic E-state index is -1.09. The zero-order chi connectivity index (χ0) is 18.3. The third kappa shape index (κ3) is 1.26. The second kappa shape index (κ2) is 4.34. The Morgan fingerprint density at radius 2 is 1.81 bits per heavy atom. The first-order valence-corrected chi connectivity index (χ1v) is 10.1. The molecule has 0 aromatic rings. The summed E-state index contributed by atoms with van der Waals surface area (Å²) < 4.78 is 25.2. The molecule has 4 aliphatic heterocycles. The Hall–Kier alpha value is -0.240. The van der Waals surface area contributed by atoms with Crippen LogP contribution in [0, 0.1) is 28.1 Å². The molecule has 2 N–H and O–H groups in total. The molecule has 0 aromatic carbocycles. The highest BCUT2D eigenvalue weighted by atomic mass is 16.7. The fourth-order valence-electron chi connectivity index (χ4n) is 8.44. The molecule has 2 spiro atoms.